The summed E-state index contributed by atoms with van der Waals surface area (Å²) in [5.74, 6) is 1.74. The van der Waals surface area contributed by atoms with Crippen LogP contribution in [0.15, 0.2) is 24.3 Å². The number of hydrogen-bond donors (Lipinski definition) is 1. The van der Waals surface area contributed by atoms with E-state index in [1.54, 1.807) is 7.11 Å². The van der Waals surface area contributed by atoms with Crippen LogP contribution in [0.5, 0.6) is 5.75 Å². The molecule has 1 rings (SSSR count). The van der Waals surface area contributed by atoms with E-state index in [0.717, 1.165) is 24.6 Å². The van der Waals surface area contributed by atoms with Crippen LogP contribution >= 0.6 is 0 Å². The zero-order chi connectivity index (χ0) is 12.7. The van der Waals surface area contributed by atoms with Gasteiger partial charge in [0.2, 0.25) is 0 Å². The molecule has 96 valence electrons. The Hall–Kier alpha value is -1.02. The van der Waals surface area contributed by atoms with E-state index in [0.29, 0.717) is 6.04 Å². The van der Waals surface area contributed by atoms with Gasteiger partial charge in [-0.15, -0.1) is 0 Å². The van der Waals surface area contributed by atoms with Gasteiger partial charge in [0.15, 0.2) is 0 Å². The molecule has 0 bridgehead atoms. The molecule has 0 aliphatic rings. The number of ether oxygens (including phenoxy) is 1. The lowest BCUT2D eigenvalue weighted by molar-refractivity contribution is 0.402. The molecule has 0 aromatic heterocycles. The molecule has 0 saturated carbocycles. The number of hydrogen-bond acceptors (Lipinski definition) is 2. The molecule has 1 aromatic rings. The average molecular weight is 235 g/mol. The third-order valence-corrected chi connectivity index (χ3v) is 3.23. The molecule has 1 aromatic carbocycles. The van der Waals surface area contributed by atoms with Gasteiger partial charge in [-0.3, -0.25) is 0 Å². The standard InChI is InChI=1S/C15H25NO/c1-5-12(2)11-16-13(3)10-14-8-6-7-9-15(14)17-4/h6-9,12-13,16H,5,10-11H2,1-4H3. The van der Waals surface area contributed by atoms with Gasteiger partial charge in [-0.05, 0) is 37.4 Å². The van der Waals surface area contributed by atoms with Gasteiger partial charge in [-0.1, -0.05) is 38.5 Å². The van der Waals surface area contributed by atoms with Gasteiger partial charge in [0.1, 0.15) is 5.75 Å². The minimum Gasteiger partial charge on any atom is -0.496 e. The van der Waals surface area contributed by atoms with Crippen molar-refractivity contribution in [3.63, 3.8) is 0 Å². The Balaban J connectivity index is 2.47. The van der Waals surface area contributed by atoms with E-state index in [9.17, 15) is 0 Å². The highest BCUT2D eigenvalue weighted by molar-refractivity contribution is 5.33. The Morgan fingerprint density at radius 3 is 2.59 bits per heavy atom. The van der Waals surface area contributed by atoms with Crippen molar-refractivity contribution in [1.82, 2.24) is 5.32 Å². The first-order valence-corrected chi connectivity index (χ1v) is 6.52. The molecule has 0 aliphatic carbocycles. The summed E-state index contributed by atoms with van der Waals surface area (Å²) in [6, 6.07) is 8.73. The molecule has 0 radical (unpaired) electrons. The molecule has 0 heterocycles. The maximum atomic E-state index is 5.37. The van der Waals surface area contributed by atoms with Gasteiger partial charge in [0.05, 0.1) is 7.11 Å². The average Bonchev–Trinajstić information content (AvgIpc) is 2.36. The van der Waals surface area contributed by atoms with Crippen LogP contribution in [0.25, 0.3) is 0 Å². The first-order valence-electron chi connectivity index (χ1n) is 6.52. The molecule has 0 fully saturated rings. The molecule has 2 atom stereocenters. The number of nitrogens with one attached hydrogen (secondary N) is 1. The molecule has 0 saturated heterocycles. The van der Waals surface area contributed by atoms with Crippen molar-refractivity contribution in [1.29, 1.82) is 0 Å². The summed E-state index contributed by atoms with van der Waals surface area (Å²) in [5, 5.41) is 3.58. The Labute approximate surface area is 105 Å². The van der Waals surface area contributed by atoms with Crippen LogP contribution in [-0.2, 0) is 6.42 Å². The summed E-state index contributed by atoms with van der Waals surface area (Å²) < 4.78 is 5.37. The zero-order valence-electron chi connectivity index (χ0n) is 11.5. The highest BCUT2D eigenvalue weighted by atomic mass is 16.5. The fourth-order valence-corrected chi connectivity index (χ4v) is 1.82. The maximum Gasteiger partial charge on any atom is 0.122 e. The Kier molecular flexibility index (Phi) is 6.06. The fraction of sp³-hybridized carbons (Fsp3) is 0.600. The van der Waals surface area contributed by atoms with Crippen molar-refractivity contribution in [3.05, 3.63) is 29.8 Å². The quantitative estimate of drug-likeness (QED) is 0.783. The van der Waals surface area contributed by atoms with E-state index in [4.69, 9.17) is 4.74 Å². The molecular weight excluding hydrogens is 210 g/mol. The number of methoxy groups -OCH3 is 1. The largest absolute Gasteiger partial charge is 0.496 e. The highest BCUT2D eigenvalue weighted by Crippen LogP contribution is 2.18. The van der Waals surface area contributed by atoms with Crippen molar-refractivity contribution in [3.8, 4) is 5.75 Å². The predicted molar refractivity (Wildman–Crippen MR) is 73.6 cm³/mol. The Morgan fingerprint density at radius 2 is 1.94 bits per heavy atom. The van der Waals surface area contributed by atoms with Crippen LogP contribution in [0.3, 0.4) is 0 Å². The van der Waals surface area contributed by atoms with Gasteiger partial charge >= 0.3 is 0 Å². The number of benzene rings is 1. The summed E-state index contributed by atoms with van der Waals surface area (Å²) in [6.45, 7) is 7.84. The summed E-state index contributed by atoms with van der Waals surface area (Å²) in [7, 11) is 1.73. The van der Waals surface area contributed by atoms with Crippen LogP contribution in [0.1, 0.15) is 32.8 Å². The lowest BCUT2D eigenvalue weighted by atomic mass is 10.0. The zero-order valence-corrected chi connectivity index (χ0v) is 11.5. The normalized spacial score (nSPS) is 14.4. The molecule has 2 nitrogen and oxygen atoms in total. The summed E-state index contributed by atoms with van der Waals surface area (Å²) >= 11 is 0. The monoisotopic (exact) mass is 235 g/mol. The van der Waals surface area contributed by atoms with E-state index in [1.165, 1.54) is 12.0 Å². The first-order chi connectivity index (χ1) is 8.17. The van der Waals surface area contributed by atoms with Gasteiger partial charge in [-0.2, -0.15) is 0 Å². The van der Waals surface area contributed by atoms with Gasteiger partial charge in [0, 0.05) is 6.04 Å². The summed E-state index contributed by atoms with van der Waals surface area (Å²) in [4.78, 5) is 0. The summed E-state index contributed by atoms with van der Waals surface area (Å²) in [5.41, 5.74) is 1.28. The van der Waals surface area contributed by atoms with Crippen LogP contribution in [0.2, 0.25) is 0 Å². The van der Waals surface area contributed by atoms with E-state index in [-0.39, 0.29) is 0 Å². The third kappa shape index (κ3) is 4.78. The second-order valence-corrected chi connectivity index (χ2v) is 4.84. The molecule has 0 spiro atoms. The number of rotatable bonds is 7. The topological polar surface area (TPSA) is 21.3 Å². The predicted octanol–water partition coefficient (Wildman–Crippen LogP) is 3.26. The smallest absolute Gasteiger partial charge is 0.122 e. The van der Waals surface area contributed by atoms with Gasteiger partial charge in [0.25, 0.3) is 0 Å². The maximum absolute atomic E-state index is 5.37. The van der Waals surface area contributed by atoms with Crippen molar-refractivity contribution in [2.24, 2.45) is 5.92 Å². The van der Waals surface area contributed by atoms with Crippen LogP contribution in [0, 0.1) is 5.92 Å². The fourth-order valence-electron chi connectivity index (χ4n) is 1.82. The van der Waals surface area contributed by atoms with Gasteiger partial charge < -0.3 is 10.1 Å². The molecule has 1 N–H and O–H groups in total. The van der Waals surface area contributed by atoms with E-state index in [1.807, 2.05) is 12.1 Å². The second kappa shape index (κ2) is 7.33. The number of para-hydroxylation sites is 1. The molecular formula is C15H25NO. The Bertz CT molecular complexity index is 324. The molecule has 2 unspecified atom stereocenters. The Morgan fingerprint density at radius 1 is 1.24 bits per heavy atom. The molecule has 0 amide bonds. The molecule has 17 heavy (non-hydrogen) atoms. The van der Waals surface area contributed by atoms with Gasteiger partial charge in [-0.25, -0.2) is 0 Å². The van der Waals surface area contributed by atoms with E-state index >= 15 is 0 Å². The van der Waals surface area contributed by atoms with Crippen LogP contribution < -0.4 is 10.1 Å². The first kappa shape index (κ1) is 14.0. The lowest BCUT2D eigenvalue weighted by Gasteiger charge is -2.18. The second-order valence-electron chi connectivity index (χ2n) is 4.84. The summed E-state index contributed by atoms with van der Waals surface area (Å²) in [6.07, 6.45) is 2.24. The van der Waals surface area contributed by atoms with Crippen molar-refractivity contribution in [2.45, 2.75) is 39.7 Å². The SMILES string of the molecule is CCC(C)CNC(C)Cc1ccccc1OC. The third-order valence-electron chi connectivity index (χ3n) is 3.23. The highest BCUT2D eigenvalue weighted by Gasteiger charge is 2.08. The van der Waals surface area contributed by atoms with Crippen molar-refractivity contribution < 1.29 is 4.74 Å². The molecule has 2 heteroatoms. The van der Waals surface area contributed by atoms with Crippen molar-refractivity contribution in [2.75, 3.05) is 13.7 Å². The molecule has 0 aliphatic heterocycles. The minimum atomic E-state index is 0.486. The van der Waals surface area contributed by atoms with Crippen molar-refractivity contribution >= 4 is 0 Å². The van der Waals surface area contributed by atoms with Crippen LogP contribution in [0.4, 0.5) is 0 Å². The van der Waals surface area contributed by atoms with E-state index in [2.05, 4.69) is 38.2 Å². The van der Waals surface area contributed by atoms with E-state index < -0.39 is 0 Å². The van der Waals surface area contributed by atoms with Crippen LogP contribution in [-0.4, -0.2) is 19.7 Å². The minimum absolute atomic E-state index is 0.486. The lowest BCUT2D eigenvalue weighted by Crippen LogP contribution is -2.31.